The number of rotatable bonds is 6. The van der Waals surface area contributed by atoms with Crippen LogP contribution >= 0.6 is 0 Å². The second-order valence-corrected chi connectivity index (χ2v) is 5.78. The first kappa shape index (κ1) is 16.4. The third-order valence-corrected chi connectivity index (χ3v) is 3.77. The van der Waals surface area contributed by atoms with Crippen molar-refractivity contribution in [3.63, 3.8) is 0 Å². The van der Waals surface area contributed by atoms with Crippen molar-refractivity contribution < 1.29 is 4.39 Å². The van der Waals surface area contributed by atoms with E-state index in [1.807, 2.05) is 31.2 Å². The summed E-state index contributed by atoms with van der Waals surface area (Å²) in [6, 6.07) is 15.5. The molecule has 2 aromatic rings. The summed E-state index contributed by atoms with van der Waals surface area (Å²) >= 11 is 0. The number of benzene rings is 2. The summed E-state index contributed by atoms with van der Waals surface area (Å²) in [5.74, 6) is -0.188. The number of nitrogens with zero attached hydrogens (tertiary/aromatic N) is 1. The number of aliphatic imine (C=N–C) groups is 1. The van der Waals surface area contributed by atoms with Crippen LogP contribution in [-0.4, -0.2) is 5.71 Å². The maximum atomic E-state index is 13.7. The smallest absolute Gasteiger partial charge is 0.124 e. The van der Waals surface area contributed by atoms with E-state index in [0.29, 0.717) is 0 Å². The van der Waals surface area contributed by atoms with E-state index in [9.17, 15) is 4.39 Å². The van der Waals surface area contributed by atoms with E-state index >= 15 is 0 Å². The van der Waals surface area contributed by atoms with Crippen molar-refractivity contribution in [1.82, 2.24) is 0 Å². The molecule has 0 bridgehead atoms. The summed E-state index contributed by atoms with van der Waals surface area (Å²) in [5.41, 5.74) is 4.03. The first-order chi connectivity index (χ1) is 10.6. The van der Waals surface area contributed by atoms with Gasteiger partial charge in [0.2, 0.25) is 0 Å². The molecule has 2 aromatic carbocycles. The van der Waals surface area contributed by atoms with Gasteiger partial charge in [-0.15, -0.1) is 0 Å². The lowest BCUT2D eigenvalue weighted by Crippen LogP contribution is -2.05. The van der Waals surface area contributed by atoms with E-state index in [0.717, 1.165) is 36.1 Å². The van der Waals surface area contributed by atoms with Gasteiger partial charge in [0.15, 0.2) is 0 Å². The normalized spacial score (nSPS) is 13.2. The van der Waals surface area contributed by atoms with Gasteiger partial charge in [-0.25, -0.2) is 4.39 Å². The minimum absolute atomic E-state index is 0.0802. The Labute approximate surface area is 132 Å². The fourth-order valence-electron chi connectivity index (χ4n) is 2.57. The molecule has 22 heavy (non-hydrogen) atoms. The third-order valence-electron chi connectivity index (χ3n) is 3.77. The zero-order valence-corrected chi connectivity index (χ0v) is 13.6. The van der Waals surface area contributed by atoms with Crippen LogP contribution < -0.4 is 0 Å². The fourth-order valence-corrected chi connectivity index (χ4v) is 2.57. The Balaban J connectivity index is 2.34. The molecule has 0 aliphatic rings. The highest BCUT2D eigenvalue weighted by Gasteiger charge is 2.09. The molecule has 2 rings (SSSR count). The Kier molecular flexibility index (Phi) is 5.88. The molecule has 0 spiro atoms. The molecule has 1 unspecified atom stereocenters. The monoisotopic (exact) mass is 297 g/mol. The number of halogens is 1. The Morgan fingerprint density at radius 3 is 2.50 bits per heavy atom. The molecule has 0 fully saturated rings. The quantitative estimate of drug-likeness (QED) is 0.591. The summed E-state index contributed by atoms with van der Waals surface area (Å²) in [4.78, 5) is 4.89. The van der Waals surface area contributed by atoms with Crippen molar-refractivity contribution in [2.45, 2.75) is 46.1 Å². The van der Waals surface area contributed by atoms with Gasteiger partial charge in [-0.05, 0) is 55.5 Å². The molecule has 0 heterocycles. The van der Waals surface area contributed by atoms with Gasteiger partial charge >= 0.3 is 0 Å². The molecule has 2 heteroatoms. The molecular weight excluding hydrogens is 273 g/mol. The van der Waals surface area contributed by atoms with Crippen LogP contribution in [0.4, 0.5) is 4.39 Å². The van der Waals surface area contributed by atoms with Gasteiger partial charge in [0.05, 0.1) is 6.04 Å². The van der Waals surface area contributed by atoms with Crippen LogP contribution in [-0.2, 0) is 0 Å². The minimum Gasteiger partial charge on any atom is -0.281 e. The lowest BCUT2D eigenvalue weighted by Gasteiger charge is -2.13. The second-order valence-electron chi connectivity index (χ2n) is 5.78. The maximum absolute atomic E-state index is 13.7. The SMILES string of the molecule is CCCCC(=NC(C)c1ccccc1)c1cc(C)cc(F)c1. The lowest BCUT2D eigenvalue weighted by molar-refractivity contribution is 0.626. The van der Waals surface area contributed by atoms with Crippen molar-refractivity contribution >= 4 is 5.71 Å². The highest BCUT2D eigenvalue weighted by atomic mass is 19.1. The first-order valence-corrected chi connectivity index (χ1v) is 7.99. The largest absolute Gasteiger partial charge is 0.281 e. The fraction of sp³-hybridized carbons (Fsp3) is 0.350. The van der Waals surface area contributed by atoms with E-state index in [4.69, 9.17) is 4.99 Å². The van der Waals surface area contributed by atoms with Gasteiger partial charge in [0, 0.05) is 5.71 Å². The number of unbranched alkanes of at least 4 members (excludes halogenated alkanes) is 1. The number of hydrogen-bond donors (Lipinski definition) is 0. The van der Waals surface area contributed by atoms with Crippen LogP contribution in [0.5, 0.6) is 0 Å². The van der Waals surface area contributed by atoms with E-state index in [-0.39, 0.29) is 11.9 Å². The van der Waals surface area contributed by atoms with Crippen molar-refractivity contribution in [2.24, 2.45) is 4.99 Å². The Morgan fingerprint density at radius 2 is 1.86 bits per heavy atom. The Hall–Kier alpha value is -1.96. The van der Waals surface area contributed by atoms with Crippen molar-refractivity contribution in [3.8, 4) is 0 Å². The van der Waals surface area contributed by atoms with Crippen molar-refractivity contribution in [2.75, 3.05) is 0 Å². The van der Waals surface area contributed by atoms with Gasteiger partial charge < -0.3 is 0 Å². The molecule has 0 amide bonds. The molecule has 0 N–H and O–H groups in total. The topological polar surface area (TPSA) is 12.4 Å². The average molecular weight is 297 g/mol. The molecule has 0 aliphatic heterocycles. The van der Waals surface area contributed by atoms with Gasteiger partial charge in [0.25, 0.3) is 0 Å². The molecule has 0 saturated carbocycles. The van der Waals surface area contributed by atoms with E-state index in [2.05, 4.69) is 26.0 Å². The van der Waals surface area contributed by atoms with Crippen LogP contribution in [0.1, 0.15) is 55.8 Å². The standard InChI is InChI=1S/C20H24FN/c1-4-5-11-20(18-12-15(2)13-19(21)14-18)22-16(3)17-9-7-6-8-10-17/h6-10,12-14,16H,4-5,11H2,1-3H3. The van der Waals surface area contributed by atoms with Gasteiger partial charge in [-0.3, -0.25) is 4.99 Å². The minimum atomic E-state index is -0.188. The van der Waals surface area contributed by atoms with Gasteiger partial charge in [-0.2, -0.15) is 0 Å². The maximum Gasteiger partial charge on any atom is 0.124 e. The average Bonchev–Trinajstić information content (AvgIpc) is 2.51. The molecule has 0 saturated heterocycles. The molecule has 0 radical (unpaired) electrons. The molecule has 1 nitrogen and oxygen atoms in total. The molecule has 0 aromatic heterocycles. The molecular formula is C20H24FN. The van der Waals surface area contributed by atoms with Gasteiger partial charge in [-0.1, -0.05) is 49.7 Å². The van der Waals surface area contributed by atoms with E-state index < -0.39 is 0 Å². The van der Waals surface area contributed by atoms with Crippen LogP contribution in [0.25, 0.3) is 0 Å². The second kappa shape index (κ2) is 7.88. The van der Waals surface area contributed by atoms with Gasteiger partial charge in [0.1, 0.15) is 5.82 Å². The lowest BCUT2D eigenvalue weighted by atomic mass is 10.0. The predicted octanol–water partition coefficient (Wildman–Crippen LogP) is 5.87. The number of aryl methyl sites for hydroxylation is 1. The zero-order chi connectivity index (χ0) is 15.9. The van der Waals surface area contributed by atoms with Crippen molar-refractivity contribution in [1.29, 1.82) is 0 Å². The van der Waals surface area contributed by atoms with Crippen LogP contribution in [0.2, 0.25) is 0 Å². The number of hydrogen-bond acceptors (Lipinski definition) is 1. The van der Waals surface area contributed by atoms with Crippen LogP contribution in [0, 0.1) is 12.7 Å². The molecule has 0 aliphatic carbocycles. The highest BCUT2D eigenvalue weighted by molar-refractivity contribution is 6.00. The van der Waals surface area contributed by atoms with E-state index in [1.54, 1.807) is 12.1 Å². The zero-order valence-electron chi connectivity index (χ0n) is 13.6. The summed E-state index contributed by atoms with van der Waals surface area (Å²) in [5, 5.41) is 0. The third kappa shape index (κ3) is 4.52. The summed E-state index contributed by atoms with van der Waals surface area (Å²) < 4.78 is 13.7. The van der Waals surface area contributed by atoms with Crippen molar-refractivity contribution in [3.05, 3.63) is 71.0 Å². The summed E-state index contributed by atoms with van der Waals surface area (Å²) in [6.45, 7) is 6.17. The van der Waals surface area contributed by atoms with E-state index in [1.165, 1.54) is 5.56 Å². The highest BCUT2D eigenvalue weighted by Crippen LogP contribution is 2.20. The summed E-state index contributed by atoms with van der Waals surface area (Å²) in [7, 11) is 0. The van der Waals surface area contributed by atoms with Crippen LogP contribution in [0.3, 0.4) is 0 Å². The Morgan fingerprint density at radius 1 is 1.14 bits per heavy atom. The molecule has 116 valence electrons. The Bertz CT molecular complexity index is 611. The first-order valence-electron chi connectivity index (χ1n) is 7.99. The predicted molar refractivity (Wildman–Crippen MR) is 92.1 cm³/mol. The van der Waals surface area contributed by atoms with Crippen LogP contribution in [0.15, 0.2) is 53.5 Å². The molecule has 1 atom stereocenters. The summed E-state index contributed by atoms with van der Waals surface area (Å²) in [6.07, 6.45) is 3.06.